The van der Waals surface area contributed by atoms with E-state index in [2.05, 4.69) is 20.6 Å². The fourth-order valence-electron chi connectivity index (χ4n) is 4.05. The Morgan fingerprint density at radius 2 is 1.81 bits per heavy atom. The predicted molar refractivity (Wildman–Crippen MR) is 131 cm³/mol. The molecule has 0 unspecified atom stereocenters. The number of carbonyl (C=O) groups is 2. The van der Waals surface area contributed by atoms with E-state index in [1.807, 2.05) is 0 Å². The van der Waals surface area contributed by atoms with Gasteiger partial charge >= 0.3 is 6.18 Å². The number of nitrogens with one attached hydrogen (secondary N) is 3. The number of rotatable bonds is 7. The van der Waals surface area contributed by atoms with Crippen LogP contribution in [-0.4, -0.2) is 60.5 Å². The number of carbonyl (C=O) groups excluding carboxylic acids is 2. The van der Waals surface area contributed by atoms with Gasteiger partial charge in [-0.05, 0) is 37.5 Å². The summed E-state index contributed by atoms with van der Waals surface area (Å²) in [5, 5.41) is 5.49. The third kappa shape index (κ3) is 6.40. The predicted octanol–water partition coefficient (Wildman–Crippen LogP) is 3.63. The average Bonchev–Trinajstić information content (AvgIpc) is 3.21. The van der Waals surface area contributed by atoms with Crippen molar-refractivity contribution in [3.63, 3.8) is 0 Å². The molecule has 2 aromatic heterocycles. The van der Waals surface area contributed by atoms with Crippen LogP contribution >= 0.6 is 0 Å². The Labute approximate surface area is 210 Å². The molecular formula is C24H25F3N4O5S. The fourth-order valence-corrected chi connectivity index (χ4v) is 5.54. The molecule has 0 aliphatic carbocycles. The SMILES string of the molecule is CCc1nc2[nH]c(C(=O)NC3CCS(=O)(=O)CC3)c(OCC(F)(F)F)c2cc1NC(=O)c1ccccc1. The van der Waals surface area contributed by atoms with Crippen LogP contribution in [0.3, 0.4) is 0 Å². The van der Waals surface area contributed by atoms with Gasteiger partial charge in [0, 0.05) is 11.6 Å². The van der Waals surface area contributed by atoms with Crippen molar-refractivity contribution in [2.75, 3.05) is 23.4 Å². The number of aromatic nitrogens is 2. The molecule has 0 radical (unpaired) electrons. The minimum atomic E-state index is -4.67. The zero-order valence-corrected chi connectivity index (χ0v) is 20.6. The lowest BCUT2D eigenvalue weighted by atomic mass is 10.1. The van der Waals surface area contributed by atoms with Crippen LogP contribution in [-0.2, 0) is 16.3 Å². The molecule has 1 fully saturated rings. The van der Waals surface area contributed by atoms with Gasteiger partial charge in [0.05, 0.1) is 28.3 Å². The lowest BCUT2D eigenvalue weighted by Gasteiger charge is -2.23. The van der Waals surface area contributed by atoms with Gasteiger partial charge in [0.1, 0.15) is 21.2 Å². The first kappa shape index (κ1) is 26.5. The Kier molecular flexibility index (Phi) is 7.44. The van der Waals surface area contributed by atoms with E-state index in [-0.39, 0.29) is 52.5 Å². The van der Waals surface area contributed by atoms with Crippen molar-refractivity contribution >= 4 is 38.4 Å². The van der Waals surface area contributed by atoms with Gasteiger partial charge in [-0.3, -0.25) is 9.59 Å². The molecule has 3 heterocycles. The number of halogens is 3. The van der Waals surface area contributed by atoms with Gasteiger partial charge < -0.3 is 20.4 Å². The zero-order chi connectivity index (χ0) is 26.8. The number of anilines is 1. The molecule has 1 saturated heterocycles. The van der Waals surface area contributed by atoms with Crippen molar-refractivity contribution in [3.8, 4) is 5.75 Å². The van der Waals surface area contributed by atoms with Crippen molar-refractivity contribution < 1.29 is 35.9 Å². The third-order valence-corrected chi connectivity index (χ3v) is 7.65. The maximum absolute atomic E-state index is 13.0. The fraction of sp³-hybridized carbons (Fsp3) is 0.375. The highest BCUT2D eigenvalue weighted by molar-refractivity contribution is 7.91. The van der Waals surface area contributed by atoms with Crippen molar-refractivity contribution in [3.05, 3.63) is 53.3 Å². The molecule has 3 aromatic rings. The van der Waals surface area contributed by atoms with Crippen molar-refractivity contribution in [1.82, 2.24) is 15.3 Å². The summed E-state index contributed by atoms with van der Waals surface area (Å²) in [6.45, 7) is 0.143. The lowest BCUT2D eigenvalue weighted by Crippen LogP contribution is -2.41. The van der Waals surface area contributed by atoms with Gasteiger partial charge in [0.2, 0.25) is 0 Å². The zero-order valence-electron chi connectivity index (χ0n) is 19.8. The van der Waals surface area contributed by atoms with E-state index in [1.54, 1.807) is 37.3 Å². The molecule has 0 atom stereocenters. The number of aryl methyl sites for hydroxylation is 1. The number of H-pyrrole nitrogens is 1. The Bertz CT molecular complexity index is 1410. The molecule has 0 spiro atoms. The van der Waals surface area contributed by atoms with Crippen LogP contribution < -0.4 is 15.4 Å². The maximum atomic E-state index is 13.0. The van der Waals surface area contributed by atoms with Crippen LogP contribution in [0.1, 0.15) is 46.3 Å². The van der Waals surface area contributed by atoms with Crippen LogP contribution in [0, 0.1) is 0 Å². The standard InChI is InChI=1S/C24H25F3N4O5S/c1-2-17-18(30-22(32)14-6-4-3-5-7-14)12-16-20(36-13-24(25,26)27)19(31-21(16)29-17)23(33)28-15-8-10-37(34,35)11-9-15/h3-7,12,15H,2,8-11,13H2,1H3,(H,28,33)(H,29,31)(H,30,32). The van der Waals surface area contributed by atoms with Crippen LogP contribution in [0.5, 0.6) is 5.75 Å². The van der Waals surface area contributed by atoms with Gasteiger partial charge in [-0.2, -0.15) is 13.2 Å². The Hall–Kier alpha value is -3.61. The topological polar surface area (TPSA) is 130 Å². The van der Waals surface area contributed by atoms with Gasteiger partial charge in [-0.25, -0.2) is 13.4 Å². The van der Waals surface area contributed by atoms with E-state index < -0.39 is 40.5 Å². The first-order valence-electron chi connectivity index (χ1n) is 11.6. The summed E-state index contributed by atoms with van der Waals surface area (Å²) in [4.78, 5) is 32.9. The van der Waals surface area contributed by atoms with E-state index in [4.69, 9.17) is 4.74 Å². The molecular weight excluding hydrogens is 513 g/mol. The highest BCUT2D eigenvalue weighted by atomic mass is 32.2. The summed E-state index contributed by atoms with van der Waals surface area (Å²) in [5.41, 5.74) is 0.938. The second kappa shape index (κ2) is 10.4. The van der Waals surface area contributed by atoms with E-state index in [0.29, 0.717) is 17.7 Å². The normalized spacial score (nSPS) is 15.9. The summed E-state index contributed by atoms with van der Waals surface area (Å²) in [5.74, 6) is -1.72. The molecule has 4 rings (SSSR count). The summed E-state index contributed by atoms with van der Waals surface area (Å²) >= 11 is 0. The summed E-state index contributed by atoms with van der Waals surface area (Å²) in [6.07, 6.45) is -3.89. The van der Waals surface area contributed by atoms with Crippen molar-refractivity contribution in [1.29, 1.82) is 0 Å². The Morgan fingerprint density at radius 1 is 1.14 bits per heavy atom. The molecule has 9 nitrogen and oxygen atoms in total. The molecule has 13 heteroatoms. The minimum absolute atomic E-state index is 0.0844. The maximum Gasteiger partial charge on any atom is 0.422 e. The van der Waals surface area contributed by atoms with Gasteiger partial charge in [0.25, 0.3) is 11.8 Å². The Balaban J connectivity index is 1.69. The van der Waals surface area contributed by atoms with E-state index in [1.165, 1.54) is 6.07 Å². The number of alkyl halides is 3. The average molecular weight is 539 g/mol. The highest BCUT2D eigenvalue weighted by Crippen LogP contribution is 2.34. The first-order chi connectivity index (χ1) is 17.5. The van der Waals surface area contributed by atoms with Crippen molar-refractivity contribution in [2.24, 2.45) is 0 Å². The summed E-state index contributed by atoms with van der Waals surface area (Å²) < 4.78 is 67.5. The molecule has 3 N–H and O–H groups in total. The Morgan fingerprint density at radius 3 is 2.43 bits per heavy atom. The van der Waals surface area contributed by atoms with Crippen LogP contribution in [0.2, 0.25) is 0 Å². The molecule has 0 bridgehead atoms. The largest absolute Gasteiger partial charge is 0.481 e. The van der Waals surface area contributed by atoms with Crippen molar-refractivity contribution in [2.45, 2.75) is 38.4 Å². The van der Waals surface area contributed by atoms with Crippen LogP contribution in [0.25, 0.3) is 11.0 Å². The molecule has 0 saturated carbocycles. The first-order valence-corrected chi connectivity index (χ1v) is 13.4. The van der Waals surface area contributed by atoms with Crippen LogP contribution in [0.15, 0.2) is 36.4 Å². The van der Waals surface area contributed by atoms with Gasteiger partial charge in [0.15, 0.2) is 12.4 Å². The molecule has 1 aliphatic rings. The number of hydrogen-bond acceptors (Lipinski definition) is 6. The molecule has 37 heavy (non-hydrogen) atoms. The minimum Gasteiger partial charge on any atom is -0.481 e. The number of aromatic amines is 1. The molecule has 1 aliphatic heterocycles. The van der Waals surface area contributed by atoms with E-state index in [9.17, 15) is 31.2 Å². The second-order valence-electron chi connectivity index (χ2n) is 8.69. The second-order valence-corrected chi connectivity index (χ2v) is 11.0. The number of ether oxygens (including phenoxy) is 1. The molecule has 1 aromatic carbocycles. The van der Waals surface area contributed by atoms with E-state index >= 15 is 0 Å². The number of nitrogens with zero attached hydrogens (tertiary/aromatic N) is 1. The quantitative estimate of drug-likeness (QED) is 0.421. The number of benzene rings is 1. The summed E-state index contributed by atoms with van der Waals surface area (Å²) in [6, 6.07) is 9.33. The highest BCUT2D eigenvalue weighted by Gasteiger charge is 2.32. The number of sulfone groups is 1. The molecule has 2 amide bonds. The third-order valence-electron chi connectivity index (χ3n) is 5.93. The summed E-state index contributed by atoms with van der Waals surface area (Å²) in [7, 11) is -3.17. The van der Waals surface area contributed by atoms with Crippen LogP contribution in [0.4, 0.5) is 18.9 Å². The monoisotopic (exact) mass is 538 g/mol. The number of fused-ring (bicyclic) bond motifs is 1. The van der Waals surface area contributed by atoms with E-state index in [0.717, 1.165) is 0 Å². The number of pyridine rings is 1. The smallest absolute Gasteiger partial charge is 0.422 e. The van der Waals surface area contributed by atoms with Gasteiger partial charge in [-0.15, -0.1) is 0 Å². The number of hydrogen-bond donors (Lipinski definition) is 3. The van der Waals surface area contributed by atoms with Gasteiger partial charge in [-0.1, -0.05) is 25.1 Å². The lowest BCUT2D eigenvalue weighted by molar-refractivity contribution is -0.153. The molecule has 198 valence electrons. The number of amides is 2.